The Balaban J connectivity index is 1.79. The average molecular weight is 305 g/mol. The molecule has 0 saturated carbocycles. The van der Waals surface area contributed by atoms with Gasteiger partial charge in [0.15, 0.2) is 6.10 Å². The van der Waals surface area contributed by atoms with Crippen LogP contribution in [0.3, 0.4) is 0 Å². The Morgan fingerprint density at radius 3 is 2.43 bits per heavy atom. The van der Waals surface area contributed by atoms with Gasteiger partial charge in [0.25, 0.3) is 5.91 Å². The molecule has 116 valence electrons. The summed E-state index contributed by atoms with van der Waals surface area (Å²) in [6.07, 6.45) is 0.0854. The number of hydrogen-bond donors (Lipinski definition) is 1. The minimum absolute atomic E-state index is 0.132. The molecule has 0 unspecified atom stereocenters. The van der Waals surface area contributed by atoms with Gasteiger partial charge >= 0.3 is 0 Å². The van der Waals surface area contributed by atoms with Crippen LogP contribution in [0.25, 0.3) is 10.8 Å². The number of rotatable bonds is 5. The molecule has 0 bridgehead atoms. The van der Waals surface area contributed by atoms with Crippen molar-refractivity contribution in [2.45, 2.75) is 19.4 Å². The summed E-state index contributed by atoms with van der Waals surface area (Å²) in [5.41, 5.74) is 0.809. The van der Waals surface area contributed by atoms with Crippen molar-refractivity contribution < 1.29 is 9.53 Å². The van der Waals surface area contributed by atoms with Crippen LogP contribution >= 0.6 is 0 Å². The molecular formula is C20H19NO2. The number of amides is 1. The number of para-hydroxylation sites is 1. The van der Waals surface area contributed by atoms with Crippen LogP contribution in [0.15, 0.2) is 72.8 Å². The van der Waals surface area contributed by atoms with Crippen LogP contribution < -0.4 is 10.1 Å². The molecule has 3 rings (SSSR count). The molecule has 23 heavy (non-hydrogen) atoms. The van der Waals surface area contributed by atoms with E-state index in [0.717, 1.165) is 16.5 Å². The van der Waals surface area contributed by atoms with Gasteiger partial charge in [0, 0.05) is 11.1 Å². The van der Waals surface area contributed by atoms with E-state index < -0.39 is 6.10 Å². The third kappa shape index (κ3) is 3.51. The van der Waals surface area contributed by atoms with Gasteiger partial charge in [0.1, 0.15) is 5.75 Å². The van der Waals surface area contributed by atoms with E-state index in [1.807, 2.05) is 79.7 Å². The first-order chi connectivity index (χ1) is 11.3. The Kier molecular flexibility index (Phi) is 4.57. The summed E-state index contributed by atoms with van der Waals surface area (Å²) in [7, 11) is 0. The zero-order chi connectivity index (χ0) is 16.1. The number of nitrogens with one attached hydrogen (secondary N) is 1. The summed E-state index contributed by atoms with van der Waals surface area (Å²) in [6, 6.07) is 23.3. The highest BCUT2D eigenvalue weighted by Gasteiger charge is 2.19. The lowest BCUT2D eigenvalue weighted by atomic mass is 10.1. The van der Waals surface area contributed by atoms with E-state index in [-0.39, 0.29) is 5.91 Å². The normalized spacial score (nSPS) is 11.9. The summed E-state index contributed by atoms with van der Waals surface area (Å²) in [5.74, 6) is 0.570. The van der Waals surface area contributed by atoms with E-state index in [2.05, 4.69) is 5.32 Å². The van der Waals surface area contributed by atoms with Gasteiger partial charge in [-0.1, -0.05) is 61.5 Å². The smallest absolute Gasteiger partial charge is 0.265 e. The molecule has 0 fully saturated rings. The quantitative estimate of drug-likeness (QED) is 0.746. The first-order valence-electron chi connectivity index (χ1n) is 7.78. The highest BCUT2D eigenvalue weighted by Crippen LogP contribution is 2.23. The van der Waals surface area contributed by atoms with Crippen LogP contribution in [0.4, 0.5) is 5.69 Å². The lowest BCUT2D eigenvalue weighted by molar-refractivity contribution is -0.122. The van der Waals surface area contributed by atoms with Crippen LogP contribution in [0.1, 0.15) is 13.3 Å². The van der Waals surface area contributed by atoms with Crippen LogP contribution in [-0.2, 0) is 4.79 Å². The molecular weight excluding hydrogens is 286 g/mol. The third-order valence-electron chi connectivity index (χ3n) is 3.73. The molecule has 3 nitrogen and oxygen atoms in total. The average Bonchev–Trinajstić information content (AvgIpc) is 2.61. The van der Waals surface area contributed by atoms with E-state index >= 15 is 0 Å². The van der Waals surface area contributed by atoms with Crippen molar-refractivity contribution in [3.8, 4) is 5.75 Å². The Bertz CT molecular complexity index is 794. The summed E-state index contributed by atoms with van der Waals surface area (Å²) < 4.78 is 5.80. The molecule has 0 heterocycles. The number of hydrogen-bond acceptors (Lipinski definition) is 2. The van der Waals surface area contributed by atoms with Crippen molar-refractivity contribution in [3.05, 3.63) is 72.8 Å². The predicted molar refractivity (Wildman–Crippen MR) is 93.7 cm³/mol. The van der Waals surface area contributed by atoms with Crippen LogP contribution in [0.2, 0.25) is 0 Å². The molecule has 0 saturated heterocycles. The molecule has 0 aliphatic rings. The van der Waals surface area contributed by atoms with Gasteiger partial charge in [-0.25, -0.2) is 0 Å². The number of carbonyl (C=O) groups is 1. The van der Waals surface area contributed by atoms with E-state index in [9.17, 15) is 4.79 Å². The first-order valence-corrected chi connectivity index (χ1v) is 7.78. The number of benzene rings is 3. The molecule has 0 spiro atoms. The fourth-order valence-corrected chi connectivity index (χ4v) is 2.53. The van der Waals surface area contributed by atoms with Gasteiger partial charge in [-0.05, 0) is 30.0 Å². The zero-order valence-electron chi connectivity index (χ0n) is 13.0. The van der Waals surface area contributed by atoms with E-state index in [1.54, 1.807) is 0 Å². The number of fused-ring (bicyclic) bond motifs is 1. The molecule has 3 aromatic rings. The molecule has 1 N–H and O–H groups in total. The van der Waals surface area contributed by atoms with Gasteiger partial charge in [0.2, 0.25) is 0 Å². The largest absolute Gasteiger partial charge is 0.481 e. The molecule has 3 heteroatoms. The highest BCUT2D eigenvalue weighted by molar-refractivity contribution is 6.03. The van der Waals surface area contributed by atoms with Crippen LogP contribution in [0, 0.1) is 0 Å². The van der Waals surface area contributed by atoms with Gasteiger partial charge in [-0.3, -0.25) is 4.79 Å². The monoisotopic (exact) mass is 305 g/mol. The maximum atomic E-state index is 12.6. The SMILES string of the molecule is CC[C@H](Oc1ccccc1)C(=O)Nc1cccc2ccccc12. The van der Waals surface area contributed by atoms with Gasteiger partial charge in [0.05, 0.1) is 0 Å². The van der Waals surface area contributed by atoms with Crippen molar-refractivity contribution in [1.29, 1.82) is 0 Å². The fourth-order valence-electron chi connectivity index (χ4n) is 2.53. The highest BCUT2D eigenvalue weighted by atomic mass is 16.5. The third-order valence-corrected chi connectivity index (χ3v) is 3.73. The summed E-state index contributed by atoms with van der Waals surface area (Å²) >= 11 is 0. The van der Waals surface area contributed by atoms with Crippen molar-refractivity contribution in [1.82, 2.24) is 0 Å². The predicted octanol–water partition coefficient (Wildman–Crippen LogP) is 4.64. The number of carbonyl (C=O) groups excluding carboxylic acids is 1. The molecule has 3 aromatic carbocycles. The topological polar surface area (TPSA) is 38.3 Å². The van der Waals surface area contributed by atoms with E-state index in [1.165, 1.54) is 0 Å². The summed E-state index contributed by atoms with van der Waals surface area (Å²) in [6.45, 7) is 1.94. The Morgan fingerprint density at radius 1 is 0.957 bits per heavy atom. The standard InChI is InChI=1S/C20H19NO2/c1-2-19(23-16-11-4-3-5-12-16)20(22)21-18-14-8-10-15-9-6-7-13-17(15)18/h3-14,19H,2H2,1H3,(H,21,22)/t19-/m0/s1. The fraction of sp³-hybridized carbons (Fsp3) is 0.150. The minimum Gasteiger partial charge on any atom is -0.481 e. The molecule has 0 aliphatic carbocycles. The number of ether oxygens (including phenoxy) is 1. The van der Waals surface area contributed by atoms with Gasteiger partial charge in [-0.2, -0.15) is 0 Å². The molecule has 0 aromatic heterocycles. The lowest BCUT2D eigenvalue weighted by Gasteiger charge is -2.18. The van der Waals surface area contributed by atoms with E-state index in [0.29, 0.717) is 12.2 Å². The lowest BCUT2D eigenvalue weighted by Crippen LogP contribution is -2.32. The van der Waals surface area contributed by atoms with Crippen LogP contribution in [-0.4, -0.2) is 12.0 Å². The Morgan fingerprint density at radius 2 is 1.65 bits per heavy atom. The van der Waals surface area contributed by atoms with Crippen molar-refractivity contribution in [2.24, 2.45) is 0 Å². The minimum atomic E-state index is -0.517. The van der Waals surface area contributed by atoms with Crippen molar-refractivity contribution in [3.63, 3.8) is 0 Å². The van der Waals surface area contributed by atoms with Gasteiger partial charge in [-0.15, -0.1) is 0 Å². The molecule has 0 radical (unpaired) electrons. The summed E-state index contributed by atoms with van der Waals surface area (Å²) in [5, 5.41) is 5.12. The summed E-state index contributed by atoms with van der Waals surface area (Å²) in [4.78, 5) is 12.6. The first kappa shape index (κ1) is 15.1. The molecule has 0 aliphatic heterocycles. The van der Waals surface area contributed by atoms with Gasteiger partial charge < -0.3 is 10.1 Å². The Labute approximate surface area is 135 Å². The molecule has 1 amide bonds. The van der Waals surface area contributed by atoms with Crippen molar-refractivity contribution >= 4 is 22.4 Å². The maximum absolute atomic E-state index is 12.6. The second kappa shape index (κ2) is 6.97. The van der Waals surface area contributed by atoms with Crippen molar-refractivity contribution in [2.75, 3.05) is 5.32 Å². The second-order valence-electron chi connectivity index (χ2n) is 5.34. The maximum Gasteiger partial charge on any atom is 0.265 e. The molecule has 1 atom stereocenters. The Hall–Kier alpha value is -2.81. The van der Waals surface area contributed by atoms with Crippen LogP contribution in [0.5, 0.6) is 5.75 Å². The second-order valence-corrected chi connectivity index (χ2v) is 5.34. The number of anilines is 1. The van der Waals surface area contributed by atoms with E-state index in [4.69, 9.17) is 4.74 Å². The zero-order valence-corrected chi connectivity index (χ0v) is 13.0.